The molecule has 3 atom stereocenters. The Kier molecular flexibility index (Phi) is 6.49. The van der Waals surface area contributed by atoms with Crippen molar-refractivity contribution in [3.63, 3.8) is 0 Å². The molecule has 0 aliphatic carbocycles. The lowest BCUT2D eigenvalue weighted by molar-refractivity contribution is -0.132. The molecule has 7 nitrogen and oxygen atoms in total. The van der Waals surface area contributed by atoms with E-state index in [0.717, 1.165) is 34.5 Å². The second-order valence-corrected chi connectivity index (χ2v) is 9.89. The Hall–Kier alpha value is -3.71. The van der Waals surface area contributed by atoms with Gasteiger partial charge in [-0.1, -0.05) is 24.3 Å². The summed E-state index contributed by atoms with van der Waals surface area (Å²) in [6, 6.07) is 19.5. The van der Waals surface area contributed by atoms with Gasteiger partial charge in [0, 0.05) is 56.7 Å². The average Bonchev–Trinajstić information content (AvgIpc) is 3.34. The van der Waals surface area contributed by atoms with Gasteiger partial charge in [0.15, 0.2) is 0 Å². The van der Waals surface area contributed by atoms with Crippen molar-refractivity contribution in [3.8, 4) is 11.1 Å². The lowest BCUT2D eigenvalue weighted by Crippen LogP contribution is -2.48. The number of aliphatic hydroxyl groups is 1. The van der Waals surface area contributed by atoms with E-state index in [0.29, 0.717) is 12.1 Å². The number of hydrogen-bond acceptors (Lipinski definition) is 5. The number of benzene rings is 2. The summed E-state index contributed by atoms with van der Waals surface area (Å²) < 4.78 is 0. The van der Waals surface area contributed by atoms with Gasteiger partial charge in [0.1, 0.15) is 0 Å². The standard InChI is InChI=1S/C29H32N4O3/c1-31(2)29(36)20-9-7-19(8-10-20)21-11-12-25-24(16-21)28-23(26(18-34)32(25)3)13-15-33(28)27(35)17-22-6-4-5-14-30-22/h4-12,14,16,23,26,28,34H,13,15,17-18H2,1-3H3/t23-,26+,28-/m0/s1. The summed E-state index contributed by atoms with van der Waals surface area (Å²) in [5.41, 5.74) is 5.60. The minimum Gasteiger partial charge on any atom is -0.394 e. The maximum absolute atomic E-state index is 13.4. The van der Waals surface area contributed by atoms with E-state index in [4.69, 9.17) is 0 Å². The minimum absolute atomic E-state index is 0.0282. The van der Waals surface area contributed by atoms with Crippen LogP contribution in [0.15, 0.2) is 66.9 Å². The Morgan fingerprint density at radius 2 is 1.81 bits per heavy atom. The molecule has 2 aliphatic rings. The van der Waals surface area contributed by atoms with Crippen molar-refractivity contribution in [1.82, 2.24) is 14.8 Å². The first-order valence-corrected chi connectivity index (χ1v) is 12.4. The highest BCUT2D eigenvalue weighted by atomic mass is 16.3. The van der Waals surface area contributed by atoms with Crippen LogP contribution in [0.1, 0.15) is 34.1 Å². The second-order valence-electron chi connectivity index (χ2n) is 9.89. The summed E-state index contributed by atoms with van der Waals surface area (Å²) >= 11 is 0. The number of aromatic nitrogens is 1. The number of fused-ring (bicyclic) bond motifs is 3. The minimum atomic E-state index is -0.0981. The van der Waals surface area contributed by atoms with Crippen LogP contribution in [0, 0.1) is 5.92 Å². The van der Waals surface area contributed by atoms with Gasteiger partial charge in [-0.3, -0.25) is 14.6 Å². The Morgan fingerprint density at radius 1 is 1.06 bits per heavy atom. The average molecular weight is 485 g/mol. The van der Waals surface area contributed by atoms with E-state index in [1.165, 1.54) is 0 Å². The zero-order valence-corrected chi connectivity index (χ0v) is 21.0. The fourth-order valence-electron chi connectivity index (χ4n) is 5.74. The van der Waals surface area contributed by atoms with Crippen molar-refractivity contribution in [2.24, 2.45) is 5.92 Å². The van der Waals surface area contributed by atoms with Crippen LogP contribution >= 0.6 is 0 Å². The van der Waals surface area contributed by atoms with Crippen LogP contribution in [0.4, 0.5) is 5.69 Å². The number of hydrogen-bond donors (Lipinski definition) is 1. The van der Waals surface area contributed by atoms with Gasteiger partial charge in [0.05, 0.1) is 25.1 Å². The second kappa shape index (κ2) is 9.74. The maximum atomic E-state index is 13.4. The van der Waals surface area contributed by atoms with Gasteiger partial charge in [0.25, 0.3) is 5.91 Å². The summed E-state index contributed by atoms with van der Waals surface area (Å²) in [6.45, 7) is 0.707. The zero-order chi connectivity index (χ0) is 25.4. The molecule has 1 saturated heterocycles. The third kappa shape index (κ3) is 4.24. The van der Waals surface area contributed by atoms with Gasteiger partial charge >= 0.3 is 0 Å². The monoisotopic (exact) mass is 484 g/mol. The van der Waals surface area contributed by atoms with E-state index in [1.54, 1.807) is 25.2 Å². The van der Waals surface area contributed by atoms with Crippen LogP contribution in [0.25, 0.3) is 11.1 Å². The fraction of sp³-hybridized carbons (Fsp3) is 0.345. The molecule has 0 spiro atoms. The third-order valence-corrected chi connectivity index (χ3v) is 7.60. The zero-order valence-electron chi connectivity index (χ0n) is 21.0. The number of rotatable bonds is 5. The van der Waals surface area contributed by atoms with Crippen molar-refractivity contribution >= 4 is 17.5 Å². The summed E-state index contributed by atoms with van der Waals surface area (Å²) in [5, 5.41) is 10.3. The number of carbonyl (C=O) groups excluding carboxylic acids is 2. The molecule has 36 heavy (non-hydrogen) atoms. The molecular formula is C29H32N4O3. The number of carbonyl (C=O) groups is 2. The number of amides is 2. The van der Waals surface area contributed by atoms with Crippen LogP contribution in [0.3, 0.4) is 0 Å². The smallest absolute Gasteiger partial charge is 0.253 e. The van der Waals surface area contributed by atoms with Crippen LogP contribution in [0.5, 0.6) is 0 Å². The van der Waals surface area contributed by atoms with Crippen LogP contribution in [0.2, 0.25) is 0 Å². The number of aliphatic hydroxyl groups excluding tert-OH is 1. The Balaban J connectivity index is 1.50. The predicted octanol–water partition coefficient (Wildman–Crippen LogP) is 3.39. The van der Waals surface area contributed by atoms with Crippen LogP contribution in [-0.2, 0) is 11.2 Å². The largest absolute Gasteiger partial charge is 0.394 e. The molecule has 2 aliphatic heterocycles. The molecule has 7 heteroatoms. The van der Waals surface area contributed by atoms with Crippen molar-refractivity contribution in [1.29, 1.82) is 0 Å². The van der Waals surface area contributed by atoms with Gasteiger partial charge in [0.2, 0.25) is 5.91 Å². The normalized spacial score (nSPS) is 20.6. The van der Waals surface area contributed by atoms with Crippen molar-refractivity contribution in [3.05, 3.63) is 83.7 Å². The van der Waals surface area contributed by atoms with Crippen molar-refractivity contribution in [2.45, 2.75) is 24.9 Å². The predicted molar refractivity (Wildman–Crippen MR) is 140 cm³/mol. The number of likely N-dealkylation sites (N-methyl/N-ethyl adjacent to an activating group) is 1. The molecule has 1 fully saturated rings. The highest BCUT2D eigenvalue weighted by Gasteiger charge is 2.47. The van der Waals surface area contributed by atoms with Crippen LogP contribution in [-0.4, -0.2) is 72.0 Å². The number of anilines is 1. The van der Waals surface area contributed by atoms with Gasteiger partial charge in [-0.2, -0.15) is 0 Å². The summed E-state index contributed by atoms with van der Waals surface area (Å²) in [7, 11) is 5.51. The van der Waals surface area contributed by atoms with Gasteiger partial charge < -0.3 is 19.8 Å². The van der Waals surface area contributed by atoms with Crippen molar-refractivity contribution < 1.29 is 14.7 Å². The topological polar surface area (TPSA) is 77.0 Å². The Morgan fingerprint density at radius 3 is 2.47 bits per heavy atom. The molecule has 3 aromatic rings. The Bertz CT molecular complexity index is 1260. The van der Waals surface area contributed by atoms with Gasteiger partial charge in [-0.25, -0.2) is 0 Å². The SMILES string of the molecule is CN(C)C(=O)c1ccc(-c2ccc3c(c2)[C@@H]2[C@@H](CCN2C(=O)Cc2ccccn2)[C@@H](CO)N3C)cc1. The summed E-state index contributed by atoms with van der Waals surface area (Å²) in [6.07, 6.45) is 2.82. The molecule has 1 N–H and O–H groups in total. The van der Waals surface area contributed by atoms with E-state index in [2.05, 4.69) is 28.1 Å². The molecule has 2 amide bonds. The van der Waals surface area contributed by atoms with Crippen LogP contribution < -0.4 is 4.90 Å². The molecule has 3 heterocycles. The molecule has 186 valence electrons. The highest BCUT2D eigenvalue weighted by molar-refractivity contribution is 5.94. The van der Waals surface area contributed by atoms with Crippen molar-refractivity contribution in [2.75, 3.05) is 39.2 Å². The molecule has 0 radical (unpaired) electrons. The van der Waals surface area contributed by atoms with E-state index in [1.807, 2.05) is 54.4 Å². The lowest BCUT2D eigenvalue weighted by Gasteiger charge is -2.44. The van der Waals surface area contributed by atoms with Gasteiger partial charge in [-0.05, 0) is 59.5 Å². The summed E-state index contributed by atoms with van der Waals surface area (Å²) in [4.78, 5) is 35.8. The molecule has 2 aromatic carbocycles. The number of likely N-dealkylation sites (tertiary alicyclic amines) is 1. The molecule has 0 saturated carbocycles. The van der Waals surface area contributed by atoms with E-state index in [-0.39, 0.29) is 42.8 Å². The third-order valence-electron chi connectivity index (χ3n) is 7.60. The quantitative estimate of drug-likeness (QED) is 0.601. The number of nitrogens with zero attached hydrogens (tertiary/aromatic N) is 4. The summed E-state index contributed by atoms with van der Waals surface area (Å²) in [5.74, 6) is 0.181. The Labute approximate surface area is 212 Å². The van der Waals surface area contributed by atoms with E-state index >= 15 is 0 Å². The lowest BCUT2D eigenvalue weighted by atomic mass is 9.81. The van der Waals surface area contributed by atoms with E-state index in [9.17, 15) is 14.7 Å². The number of pyridine rings is 1. The maximum Gasteiger partial charge on any atom is 0.253 e. The molecule has 5 rings (SSSR count). The van der Waals surface area contributed by atoms with Gasteiger partial charge in [-0.15, -0.1) is 0 Å². The first-order valence-electron chi connectivity index (χ1n) is 12.4. The highest BCUT2D eigenvalue weighted by Crippen LogP contribution is 2.49. The molecule has 1 aromatic heterocycles. The first-order chi connectivity index (χ1) is 17.4. The molecule has 0 bridgehead atoms. The molecule has 0 unspecified atom stereocenters. The molecular weight excluding hydrogens is 452 g/mol. The first kappa shape index (κ1) is 24.0. The fourth-order valence-corrected chi connectivity index (χ4v) is 5.74. The van der Waals surface area contributed by atoms with E-state index < -0.39 is 0 Å².